The molecule has 64 heavy (non-hydrogen) atoms. The predicted molar refractivity (Wildman–Crippen MR) is 294 cm³/mol. The van der Waals surface area contributed by atoms with E-state index in [-0.39, 0.29) is 0 Å². The lowest BCUT2D eigenvalue weighted by atomic mass is 9.99. The van der Waals surface area contributed by atoms with Crippen molar-refractivity contribution in [2.24, 2.45) is 0 Å². The summed E-state index contributed by atoms with van der Waals surface area (Å²) < 4.78 is 0. The van der Waals surface area contributed by atoms with E-state index in [9.17, 15) is 0 Å². The average Bonchev–Trinajstić information content (AvgIpc) is 3.30. The summed E-state index contributed by atoms with van der Waals surface area (Å²) in [6.07, 6.45) is 68.9. The summed E-state index contributed by atoms with van der Waals surface area (Å²) in [4.78, 5) is 0. The molecule has 0 radical (unpaired) electrons. The number of rotatable bonds is 59. The van der Waals surface area contributed by atoms with E-state index >= 15 is 0 Å². The standard InChI is InChI=1S/C60H126N4/c1-5-9-13-17-21-25-29-33-37-41-45-49-59(50-46-42-38-34-30-26-22-18-14-10-6-2)63-57-55-61-53-54-62-56-58-64-60(51-47-43-39-35-31-27-23-19-15-11-7-3)52-48-44-40-36-32-28-24-20-16-12-8-4/h59-64H,5-58H2,1-4H3. The van der Waals surface area contributed by atoms with Crippen LogP contribution in [0.4, 0.5) is 0 Å². The van der Waals surface area contributed by atoms with Crippen LogP contribution in [0.15, 0.2) is 0 Å². The zero-order chi connectivity index (χ0) is 46.2. The normalized spacial score (nSPS) is 11.9. The van der Waals surface area contributed by atoms with Crippen LogP contribution in [0.1, 0.15) is 336 Å². The third-order valence-electron chi connectivity index (χ3n) is 14.6. The van der Waals surface area contributed by atoms with Crippen molar-refractivity contribution in [1.82, 2.24) is 21.3 Å². The van der Waals surface area contributed by atoms with Gasteiger partial charge in [0.25, 0.3) is 0 Å². The molecule has 0 aromatic heterocycles. The molecular formula is C60H126N4. The quantitative estimate of drug-likeness (QED) is 0.0460. The summed E-state index contributed by atoms with van der Waals surface area (Å²) in [6.45, 7) is 15.8. The molecule has 0 saturated heterocycles. The molecule has 386 valence electrons. The lowest BCUT2D eigenvalue weighted by Gasteiger charge is -2.20. The van der Waals surface area contributed by atoms with E-state index in [1.807, 2.05) is 0 Å². The minimum Gasteiger partial charge on any atom is -0.314 e. The van der Waals surface area contributed by atoms with Crippen molar-refractivity contribution < 1.29 is 0 Å². The molecule has 4 heteroatoms. The Bertz CT molecular complexity index is 674. The van der Waals surface area contributed by atoms with Gasteiger partial charge >= 0.3 is 0 Å². The Morgan fingerprint density at radius 3 is 0.531 bits per heavy atom. The van der Waals surface area contributed by atoms with Gasteiger partial charge in [0.1, 0.15) is 0 Å². The lowest BCUT2D eigenvalue weighted by Crippen LogP contribution is -2.39. The van der Waals surface area contributed by atoms with Gasteiger partial charge in [-0.25, -0.2) is 0 Å². The zero-order valence-corrected chi connectivity index (χ0v) is 45.3. The topological polar surface area (TPSA) is 48.1 Å². The van der Waals surface area contributed by atoms with E-state index in [1.165, 1.54) is 308 Å². The number of nitrogens with one attached hydrogen (secondary N) is 4. The van der Waals surface area contributed by atoms with Gasteiger partial charge < -0.3 is 21.3 Å². The smallest absolute Gasteiger partial charge is 0.00793 e. The highest BCUT2D eigenvalue weighted by molar-refractivity contribution is 4.71. The molecule has 0 unspecified atom stereocenters. The van der Waals surface area contributed by atoms with Gasteiger partial charge in [0, 0.05) is 51.4 Å². The Labute approximate surface area is 406 Å². The van der Waals surface area contributed by atoms with Crippen LogP contribution in [0, 0.1) is 0 Å². The van der Waals surface area contributed by atoms with Crippen LogP contribution in [-0.4, -0.2) is 51.4 Å². The molecule has 0 bridgehead atoms. The van der Waals surface area contributed by atoms with Crippen LogP contribution >= 0.6 is 0 Å². The van der Waals surface area contributed by atoms with Crippen LogP contribution < -0.4 is 21.3 Å². The summed E-state index contributed by atoms with van der Waals surface area (Å²) in [7, 11) is 0. The molecule has 0 aliphatic heterocycles. The van der Waals surface area contributed by atoms with Gasteiger partial charge in [-0.05, 0) is 25.7 Å². The Morgan fingerprint density at radius 2 is 0.344 bits per heavy atom. The fraction of sp³-hybridized carbons (Fsp3) is 1.00. The van der Waals surface area contributed by atoms with Gasteiger partial charge in [0.05, 0.1) is 0 Å². The molecule has 0 heterocycles. The summed E-state index contributed by atoms with van der Waals surface area (Å²) >= 11 is 0. The summed E-state index contributed by atoms with van der Waals surface area (Å²) in [5, 5.41) is 15.5. The van der Waals surface area contributed by atoms with E-state index in [4.69, 9.17) is 0 Å². The average molecular weight is 904 g/mol. The number of hydrogen-bond donors (Lipinski definition) is 4. The second-order valence-corrected chi connectivity index (χ2v) is 21.1. The molecule has 0 aromatic rings. The van der Waals surface area contributed by atoms with Crippen molar-refractivity contribution in [2.45, 2.75) is 348 Å². The molecule has 4 nitrogen and oxygen atoms in total. The molecule has 0 atom stereocenters. The highest BCUT2D eigenvalue weighted by Crippen LogP contribution is 2.19. The molecule has 0 aliphatic rings. The highest BCUT2D eigenvalue weighted by atomic mass is 15.0. The lowest BCUT2D eigenvalue weighted by molar-refractivity contribution is 0.405. The van der Waals surface area contributed by atoms with E-state index in [1.54, 1.807) is 0 Å². The molecular weight excluding hydrogens is 777 g/mol. The third-order valence-corrected chi connectivity index (χ3v) is 14.6. The van der Waals surface area contributed by atoms with E-state index in [2.05, 4.69) is 49.0 Å². The molecule has 0 saturated carbocycles. The molecule has 0 rings (SSSR count). The van der Waals surface area contributed by atoms with Crippen LogP contribution in [0.25, 0.3) is 0 Å². The van der Waals surface area contributed by atoms with Crippen molar-refractivity contribution in [3.05, 3.63) is 0 Å². The first-order valence-corrected chi connectivity index (χ1v) is 30.7. The Balaban J connectivity index is 4.34. The van der Waals surface area contributed by atoms with Crippen molar-refractivity contribution in [3.63, 3.8) is 0 Å². The SMILES string of the molecule is CCCCCCCCCCCCCC(CCCCCCCCCCCCC)NCCNCCNCCNC(CCCCCCCCCCCCC)CCCCCCCCCCCCC. The number of hydrogen-bond acceptors (Lipinski definition) is 4. The minimum absolute atomic E-state index is 0.714. The van der Waals surface area contributed by atoms with E-state index in [0.29, 0.717) is 12.1 Å². The molecule has 0 aromatic carbocycles. The maximum Gasteiger partial charge on any atom is 0.00793 e. The van der Waals surface area contributed by atoms with Crippen LogP contribution in [-0.2, 0) is 0 Å². The first kappa shape index (κ1) is 63.8. The maximum atomic E-state index is 4.01. The maximum absolute atomic E-state index is 4.01. The van der Waals surface area contributed by atoms with Gasteiger partial charge in [0.15, 0.2) is 0 Å². The summed E-state index contributed by atoms with van der Waals surface area (Å²) in [5.41, 5.74) is 0. The summed E-state index contributed by atoms with van der Waals surface area (Å²) in [6, 6.07) is 1.43. The second-order valence-electron chi connectivity index (χ2n) is 21.1. The predicted octanol–water partition coefficient (Wildman–Crippen LogP) is 18.9. The Hall–Kier alpha value is -0.160. The first-order chi connectivity index (χ1) is 31.8. The molecule has 0 amide bonds. The van der Waals surface area contributed by atoms with E-state index < -0.39 is 0 Å². The Morgan fingerprint density at radius 1 is 0.188 bits per heavy atom. The molecule has 4 N–H and O–H groups in total. The monoisotopic (exact) mass is 903 g/mol. The first-order valence-electron chi connectivity index (χ1n) is 30.7. The van der Waals surface area contributed by atoms with Crippen molar-refractivity contribution in [3.8, 4) is 0 Å². The fourth-order valence-electron chi connectivity index (χ4n) is 10.1. The van der Waals surface area contributed by atoms with Gasteiger partial charge in [0.2, 0.25) is 0 Å². The zero-order valence-electron chi connectivity index (χ0n) is 45.3. The molecule has 0 aliphatic carbocycles. The third kappa shape index (κ3) is 54.4. The van der Waals surface area contributed by atoms with Crippen LogP contribution in [0.3, 0.4) is 0 Å². The van der Waals surface area contributed by atoms with Crippen molar-refractivity contribution in [2.75, 3.05) is 39.3 Å². The van der Waals surface area contributed by atoms with Crippen LogP contribution in [0.5, 0.6) is 0 Å². The van der Waals surface area contributed by atoms with Gasteiger partial charge in [-0.3, -0.25) is 0 Å². The van der Waals surface area contributed by atoms with Crippen LogP contribution in [0.2, 0.25) is 0 Å². The van der Waals surface area contributed by atoms with Gasteiger partial charge in [-0.15, -0.1) is 0 Å². The summed E-state index contributed by atoms with van der Waals surface area (Å²) in [5.74, 6) is 0. The van der Waals surface area contributed by atoms with E-state index in [0.717, 1.165) is 39.3 Å². The van der Waals surface area contributed by atoms with Gasteiger partial charge in [-0.1, -0.05) is 310 Å². The van der Waals surface area contributed by atoms with Crippen molar-refractivity contribution in [1.29, 1.82) is 0 Å². The number of unbranched alkanes of at least 4 members (excludes halogenated alkanes) is 40. The Kier molecular flexibility index (Phi) is 58.8. The minimum atomic E-state index is 0.714. The molecule has 0 spiro atoms. The van der Waals surface area contributed by atoms with Gasteiger partial charge in [-0.2, -0.15) is 0 Å². The fourth-order valence-corrected chi connectivity index (χ4v) is 10.1. The van der Waals surface area contributed by atoms with Crippen molar-refractivity contribution >= 4 is 0 Å². The molecule has 0 fully saturated rings. The highest BCUT2D eigenvalue weighted by Gasteiger charge is 2.10. The largest absolute Gasteiger partial charge is 0.314 e. The second kappa shape index (κ2) is 59.0.